The summed E-state index contributed by atoms with van der Waals surface area (Å²) in [6, 6.07) is 0.355. The zero-order valence-corrected chi connectivity index (χ0v) is 10.1. The van der Waals surface area contributed by atoms with Crippen LogP contribution in [0.4, 0.5) is 0 Å². The first-order valence-electron chi connectivity index (χ1n) is 5.58. The maximum atomic E-state index is 5.66. The molecule has 2 aromatic rings. The van der Waals surface area contributed by atoms with Gasteiger partial charge in [0.2, 0.25) is 5.89 Å². The van der Waals surface area contributed by atoms with Crippen molar-refractivity contribution in [2.45, 2.75) is 39.7 Å². The average Bonchev–Trinajstić information content (AvgIpc) is 2.86. The second-order valence-corrected chi connectivity index (χ2v) is 4.53. The summed E-state index contributed by atoms with van der Waals surface area (Å²) in [5.41, 5.74) is 0.931. The molecule has 0 fully saturated rings. The Hall–Kier alpha value is -1.58. The van der Waals surface area contributed by atoms with E-state index < -0.39 is 0 Å². The summed E-state index contributed by atoms with van der Waals surface area (Å²) in [5.74, 6) is 1.92. The Bertz CT molecular complexity index is 424. The molecular formula is C12H17N3O. The van der Waals surface area contributed by atoms with Crippen LogP contribution in [0, 0.1) is 0 Å². The molecule has 0 spiro atoms. The van der Waals surface area contributed by atoms with Crippen LogP contribution in [0.1, 0.15) is 45.4 Å². The molecule has 0 bridgehead atoms. The SMILES string of the molecule is CC(C)c1cnc(-c2cnn(C(C)C)c2)o1. The molecular weight excluding hydrogens is 202 g/mol. The van der Waals surface area contributed by atoms with Gasteiger partial charge in [-0.3, -0.25) is 4.68 Å². The number of hydrogen-bond acceptors (Lipinski definition) is 3. The molecule has 4 nitrogen and oxygen atoms in total. The zero-order chi connectivity index (χ0) is 11.7. The summed E-state index contributed by atoms with van der Waals surface area (Å²) in [6.45, 7) is 8.35. The van der Waals surface area contributed by atoms with E-state index in [1.807, 2.05) is 10.9 Å². The molecule has 2 rings (SSSR count). The number of hydrogen-bond donors (Lipinski definition) is 0. The molecule has 0 aliphatic carbocycles. The highest BCUT2D eigenvalue weighted by molar-refractivity contribution is 5.50. The lowest BCUT2D eigenvalue weighted by molar-refractivity contribution is 0.494. The van der Waals surface area contributed by atoms with Crippen molar-refractivity contribution in [2.75, 3.05) is 0 Å². The van der Waals surface area contributed by atoms with Crippen LogP contribution in [0.5, 0.6) is 0 Å². The largest absolute Gasteiger partial charge is 0.441 e. The Morgan fingerprint density at radius 1 is 1.19 bits per heavy atom. The van der Waals surface area contributed by atoms with Gasteiger partial charge in [-0.1, -0.05) is 13.8 Å². The van der Waals surface area contributed by atoms with E-state index >= 15 is 0 Å². The summed E-state index contributed by atoms with van der Waals surface area (Å²) < 4.78 is 7.56. The molecule has 0 N–H and O–H groups in total. The van der Waals surface area contributed by atoms with Crippen molar-refractivity contribution in [3.8, 4) is 11.5 Å². The van der Waals surface area contributed by atoms with Crippen LogP contribution in [0.2, 0.25) is 0 Å². The van der Waals surface area contributed by atoms with Gasteiger partial charge >= 0.3 is 0 Å². The van der Waals surface area contributed by atoms with Crippen molar-refractivity contribution in [3.63, 3.8) is 0 Å². The van der Waals surface area contributed by atoms with E-state index in [-0.39, 0.29) is 0 Å². The van der Waals surface area contributed by atoms with E-state index in [9.17, 15) is 0 Å². The van der Waals surface area contributed by atoms with Gasteiger partial charge in [0.25, 0.3) is 0 Å². The van der Waals surface area contributed by atoms with Gasteiger partial charge in [-0.15, -0.1) is 0 Å². The van der Waals surface area contributed by atoms with E-state index in [2.05, 4.69) is 37.8 Å². The maximum absolute atomic E-state index is 5.66. The lowest BCUT2D eigenvalue weighted by Crippen LogP contribution is -1.99. The van der Waals surface area contributed by atoms with E-state index in [1.165, 1.54) is 0 Å². The molecule has 0 saturated carbocycles. The van der Waals surface area contributed by atoms with E-state index in [1.54, 1.807) is 12.4 Å². The molecule has 86 valence electrons. The highest BCUT2D eigenvalue weighted by Gasteiger charge is 2.11. The molecule has 2 heterocycles. The summed E-state index contributed by atoms with van der Waals surface area (Å²) in [6.07, 6.45) is 5.53. The highest BCUT2D eigenvalue weighted by atomic mass is 16.4. The molecule has 2 aromatic heterocycles. The molecule has 0 atom stereocenters. The Kier molecular flexibility index (Phi) is 2.81. The predicted octanol–water partition coefficient (Wildman–Crippen LogP) is 3.24. The van der Waals surface area contributed by atoms with Crippen LogP contribution in [-0.4, -0.2) is 14.8 Å². The van der Waals surface area contributed by atoms with Crippen molar-refractivity contribution in [2.24, 2.45) is 0 Å². The first kappa shape index (κ1) is 10.9. The third-order valence-electron chi connectivity index (χ3n) is 2.47. The second-order valence-electron chi connectivity index (χ2n) is 4.53. The van der Waals surface area contributed by atoms with Crippen LogP contribution < -0.4 is 0 Å². The maximum Gasteiger partial charge on any atom is 0.229 e. The molecule has 0 saturated heterocycles. The molecule has 0 aliphatic rings. The molecule has 0 radical (unpaired) electrons. The van der Waals surface area contributed by atoms with Crippen molar-refractivity contribution in [3.05, 3.63) is 24.4 Å². The fourth-order valence-corrected chi connectivity index (χ4v) is 1.42. The Labute approximate surface area is 95.3 Å². The molecule has 0 unspecified atom stereocenters. The van der Waals surface area contributed by atoms with Gasteiger partial charge in [-0.05, 0) is 13.8 Å². The Morgan fingerprint density at radius 3 is 2.44 bits per heavy atom. The van der Waals surface area contributed by atoms with Gasteiger partial charge in [-0.2, -0.15) is 5.10 Å². The Morgan fingerprint density at radius 2 is 1.94 bits per heavy atom. The number of oxazole rings is 1. The van der Waals surface area contributed by atoms with Gasteiger partial charge in [0.15, 0.2) is 0 Å². The average molecular weight is 219 g/mol. The third kappa shape index (κ3) is 2.01. The Balaban J connectivity index is 2.28. The van der Waals surface area contributed by atoms with Crippen molar-refractivity contribution in [1.29, 1.82) is 0 Å². The topological polar surface area (TPSA) is 43.9 Å². The summed E-state index contributed by atoms with van der Waals surface area (Å²) >= 11 is 0. The van der Waals surface area contributed by atoms with Crippen LogP contribution in [0.3, 0.4) is 0 Å². The van der Waals surface area contributed by atoms with Gasteiger partial charge in [0.05, 0.1) is 18.0 Å². The molecule has 0 aliphatic heterocycles. The number of rotatable bonds is 3. The zero-order valence-electron chi connectivity index (χ0n) is 10.1. The van der Waals surface area contributed by atoms with Gasteiger partial charge < -0.3 is 4.42 Å². The molecule has 16 heavy (non-hydrogen) atoms. The van der Waals surface area contributed by atoms with Gasteiger partial charge in [0.1, 0.15) is 5.76 Å². The monoisotopic (exact) mass is 219 g/mol. The van der Waals surface area contributed by atoms with Crippen molar-refractivity contribution in [1.82, 2.24) is 14.8 Å². The highest BCUT2D eigenvalue weighted by Crippen LogP contribution is 2.23. The van der Waals surface area contributed by atoms with Crippen LogP contribution in [0.15, 0.2) is 23.0 Å². The molecule has 0 aromatic carbocycles. The standard InChI is InChI=1S/C12H17N3O/c1-8(2)11-6-13-12(16-11)10-5-14-15(7-10)9(3)4/h5-9H,1-4H3. The van der Waals surface area contributed by atoms with E-state index in [4.69, 9.17) is 4.42 Å². The van der Waals surface area contributed by atoms with Crippen molar-refractivity contribution < 1.29 is 4.42 Å². The van der Waals surface area contributed by atoms with Crippen LogP contribution in [0.25, 0.3) is 11.5 Å². The van der Waals surface area contributed by atoms with Gasteiger partial charge in [-0.25, -0.2) is 4.98 Å². The summed E-state index contributed by atoms with van der Waals surface area (Å²) in [7, 11) is 0. The van der Waals surface area contributed by atoms with Crippen LogP contribution in [-0.2, 0) is 0 Å². The smallest absolute Gasteiger partial charge is 0.229 e. The minimum absolute atomic E-state index is 0.355. The number of nitrogens with zero attached hydrogens (tertiary/aromatic N) is 3. The molecule has 4 heteroatoms. The lowest BCUT2D eigenvalue weighted by Gasteiger charge is -2.02. The fourth-order valence-electron chi connectivity index (χ4n) is 1.42. The van der Waals surface area contributed by atoms with E-state index in [0.717, 1.165) is 11.3 Å². The first-order valence-corrected chi connectivity index (χ1v) is 5.58. The first-order chi connectivity index (χ1) is 7.58. The quantitative estimate of drug-likeness (QED) is 0.796. The van der Waals surface area contributed by atoms with Crippen molar-refractivity contribution >= 4 is 0 Å². The summed E-state index contributed by atoms with van der Waals surface area (Å²) in [5, 5.41) is 4.26. The lowest BCUT2D eigenvalue weighted by atomic mass is 10.2. The third-order valence-corrected chi connectivity index (χ3v) is 2.47. The molecule has 0 amide bonds. The minimum atomic E-state index is 0.355. The number of aromatic nitrogens is 3. The normalized spacial score (nSPS) is 11.6. The van der Waals surface area contributed by atoms with Crippen LogP contribution >= 0.6 is 0 Å². The second kappa shape index (κ2) is 4.12. The minimum Gasteiger partial charge on any atom is -0.441 e. The van der Waals surface area contributed by atoms with E-state index in [0.29, 0.717) is 17.9 Å². The van der Waals surface area contributed by atoms with Gasteiger partial charge in [0, 0.05) is 18.2 Å². The predicted molar refractivity (Wildman–Crippen MR) is 62.2 cm³/mol. The fraction of sp³-hybridized carbons (Fsp3) is 0.500. The summed E-state index contributed by atoms with van der Waals surface area (Å²) in [4.78, 5) is 4.26.